The van der Waals surface area contributed by atoms with Gasteiger partial charge in [-0.3, -0.25) is 0 Å². The second-order valence-corrected chi connectivity index (χ2v) is 5.71. The molecule has 0 aliphatic heterocycles. The molecule has 3 heteroatoms. The minimum Gasteiger partial charge on any atom is -0.497 e. The first-order valence-electron chi connectivity index (χ1n) is 7.90. The predicted octanol–water partition coefficient (Wildman–Crippen LogP) is 2.83. The van der Waals surface area contributed by atoms with Crippen LogP contribution < -0.4 is 10.5 Å². The number of benzene rings is 1. The van der Waals surface area contributed by atoms with Gasteiger partial charge in [-0.2, -0.15) is 0 Å². The third kappa shape index (κ3) is 4.50. The van der Waals surface area contributed by atoms with Crippen molar-refractivity contribution < 1.29 is 4.74 Å². The van der Waals surface area contributed by atoms with Gasteiger partial charge in [0.25, 0.3) is 0 Å². The van der Waals surface area contributed by atoms with Crippen LogP contribution in [0.5, 0.6) is 5.75 Å². The Morgan fingerprint density at radius 2 is 1.85 bits per heavy atom. The number of nitrogens with zero attached hydrogens (tertiary/aromatic N) is 1. The molecule has 0 bridgehead atoms. The van der Waals surface area contributed by atoms with Crippen LogP contribution in [0.25, 0.3) is 0 Å². The first-order chi connectivity index (χ1) is 9.83. The lowest BCUT2D eigenvalue weighted by Crippen LogP contribution is -2.36. The third-order valence-electron chi connectivity index (χ3n) is 4.34. The third-order valence-corrected chi connectivity index (χ3v) is 4.34. The minimum absolute atomic E-state index is 0.791. The fraction of sp³-hybridized carbons (Fsp3) is 0.647. The molecule has 1 aliphatic carbocycles. The van der Waals surface area contributed by atoms with Gasteiger partial charge in [-0.1, -0.05) is 25.0 Å². The predicted molar refractivity (Wildman–Crippen MR) is 84.2 cm³/mol. The fourth-order valence-electron chi connectivity index (χ4n) is 3.11. The van der Waals surface area contributed by atoms with Crippen LogP contribution in [0.4, 0.5) is 0 Å². The Hall–Kier alpha value is -1.06. The minimum atomic E-state index is 0.791. The summed E-state index contributed by atoms with van der Waals surface area (Å²) in [6, 6.07) is 9.24. The van der Waals surface area contributed by atoms with Crippen LogP contribution in [0.2, 0.25) is 0 Å². The van der Waals surface area contributed by atoms with Crippen molar-refractivity contribution in [3.63, 3.8) is 0 Å². The van der Waals surface area contributed by atoms with E-state index in [-0.39, 0.29) is 0 Å². The van der Waals surface area contributed by atoms with Crippen molar-refractivity contribution in [2.24, 2.45) is 5.73 Å². The number of methoxy groups -OCH3 is 1. The molecule has 3 nitrogen and oxygen atoms in total. The van der Waals surface area contributed by atoms with Crippen LogP contribution in [0.3, 0.4) is 0 Å². The van der Waals surface area contributed by atoms with E-state index in [1.165, 1.54) is 31.2 Å². The van der Waals surface area contributed by atoms with Crippen LogP contribution >= 0.6 is 0 Å². The van der Waals surface area contributed by atoms with E-state index in [4.69, 9.17) is 10.5 Å². The molecule has 1 saturated carbocycles. The molecule has 0 amide bonds. The van der Waals surface area contributed by atoms with Crippen LogP contribution in [-0.2, 0) is 6.42 Å². The van der Waals surface area contributed by atoms with Gasteiger partial charge in [0.05, 0.1) is 7.11 Å². The molecule has 0 atom stereocenters. The summed E-state index contributed by atoms with van der Waals surface area (Å²) in [6.07, 6.45) is 7.75. The summed E-state index contributed by atoms with van der Waals surface area (Å²) in [5, 5.41) is 0. The van der Waals surface area contributed by atoms with Crippen LogP contribution in [-0.4, -0.2) is 37.7 Å². The second-order valence-electron chi connectivity index (χ2n) is 5.71. The van der Waals surface area contributed by atoms with Crippen molar-refractivity contribution in [1.29, 1.82) is 0 Å². The van der Waals surface area contributed by atoms with Gasteiger partial charge in [-0.05, 0) is 56.5 Å². The highest BCUT2D eigenvalue weighted by Gasteiger charge is 2.21. The van der Waals surface area contributed by atoms with E-state index in [0.717, 1.165) is 44.3 Å². The Labute approximate surface area is 123 Å². The van der Waals surface area contributed by atoms with Crippen LogP contribution in [0, 0.1) is 0 Å². The Kier molecular flexibility index (Phi) is 6.34. The van der Waals surface area contributed by atoms with E-state index < -0.39 is 0 Å². The summed E-state index contributed by atoms with van der Waals surface area (Å²) < 4.78 is 5.20. The van der Waals surface area contributed by atoms with Crippen molar-refractivity contribution in [1.82, 2.24) is 4.90 Å². The molecular formula is C17H28N2O. The number of rotatable bonds is 8. The fourth-order valence-corrected chi connectivity index (χ4v) is 3.11. The SMILES string of the molecule is COc1ccc(CCN(CCCN)C2CCCC2)cc1. The van der Waals surface area contributed by atoms with Gasteiger partial charge < -0.3 is 15.4 Å². The van der Waals surface area contributed by atoms with Gasteiger partial charge in [-0.15, -0.1) is 0 Å². The molecule has 1 fully saturated rings. The van der Waals surface area contributed by atoms with E-state index in [2.05, 4.69) is 29.2 Å². The summed E-state index contributed by atoms with van der Waals surface area (Å²) >= 11 is 0. The molecule has 112 valence electrons. The molecular weight excluding hydrogens is 248 g/mol. The first-order valence-corrected chi connectivity index (χ1v) is 7.90. The molecule has 20 heavy (non-hydrogen) atoms. The zero-order valence-electron chi connectivity index (χ0n) is 12.7. The zero-order chi connectivity index (χ0) is 14.2. The molecule has 1 aromatic carbocycles. The average Bonchev–Trinajstić information content (AvgIpc) is 3.02. The van der Waals surface area contributed by atoms with Crippen molar-refractivity contribution in [3.05, 3.63) is 29.8 Å². The quantitative estimate of drug-likeness (QED) is 0.793. The summed E-state index contributed by atoms with van der Waals surface area (Å²) in [7, 11) is 1.71. The Balaban J connectivity index is 1.86. The lowest BCUT2D eigenvalue weighted by atomic mass is 10.1. The zero-order valence-corrected chi connectivity index (χ0v) is 12.7. The van der Waals surface area contributed by atoms with E-state index in [1.54, 1.807) is 7.11 Å². The highest BCUT2D eigenvalue weighted by Crippen LogP contribution is 2.24. The van der Waals surface area contributed by atoms with Gasteiger partial charge in [0.15, 0.2) is 0 Å². The normalized spacial score (nSPS) is 15.9. The summed E-state index contributed by atoms with van der Waals surface area (Å²) in [5.74, 6) is 0.935. The number of hydrogen-bond donors (Lipinski definition) is 1. The van der Waals surface area contributed by atoms with Crippen molar-refractivity contribution >= 4 is 0 Å². The van der Waals surface area contributed by atoms with Gasteiger partial charge in [0.1, 0.15) is 5.75 Å². The second kappa shape index (κ2) is 8.28. The van der Waals surface area contributed by atoms with E-state index in [1.807, 2.05) is 0 Å². The van der Waals surface area contributed by atoms with Gasteiger partial charge in [-0.25, -0.2) is 0 Å². The molecule has 1 aromatic rings. The molecule has 0 spiro atoms. The van der Waals surface area contributed by atoms with Crippen molar-refractivity contribution in [2.45, 2.75) is 44.6 Å². The van der Waals surface area contributed by atoms with Gasteiger partial charge in [0, 0.05) is 12.6 Å². The maximum atomic E-state index is 5.67. The van der Waals surface area contributed by atoms with E-state index in [0.29, 0.717) is 0 Å². The monoisotopic (exact) mass is 276 g/mol. The summed E-state index contributed by atoms with van der Waals surface area (Å²) in [4.78, 5) is 2.66. The molecule has 0 unspecified atom stereocenters. The maximum absolute atomic E-state index is 5.67. The molecule has 0 heterocycles. The summed E-state index contributed by atoms with van der Waals surface area (Å²) in [6.45, 7) is 3.10. The largest absolute Gasteiger partial charge is 0.497 e. The number of ether oxygens (including phenoxy) is 1. The van der Waals surface area contributed by atoms with Crippen LogP contribution in [0.15, 0.2) is 24.3 Å². The highest BCUT2D eigenvalue weighted by atomic mass is 16.5. The first kappa shape index (κ1) is 15.3. The average molecular weight is 276 g/mol. The smallest absolute Gasteiger partial charge is 0.118 e. The maximum Gasteiger partial charge on any atom is 0.118 e. The molecule has 2 N–H and O–H groups in total. The molecule has 0 radical (unpaired) electrons. The Bertz CT molecular complexity index is 371. The molecule has 0 aromatic heterocycles. The number of hydrogen-bond acceptors (Lipinski definition) is 3. The van der Waals surface area contributed by atoms with Gasteiger partial charge >= 0.3 is 0 Å². The lowest BCUT2D eigenvalue weighted by molar-refractivity contribution is 0.199. The Morgan fingerprint density at radius 1 is 1.15 bits per heavy atom. The van der Waals surface area contributed by atoms with Crippen molar-refractivity contribution in [2.75, 3.05) is 26.7 Å². The van der Waals surface area contributed by atoms with Gasteiger partial charge in [0.2, 0.25) is 0 Å². The van der Waals surface area contributed by atoms with E-state index >= 15 is 0 Å². The standard InChI is InChI=1S/C17H28N2O/c1-20-17-9-7-15(8-10-17)11-14-19(13-4-12-18)16-5-2-3-6-16/h7-10,16H,2-6,11-14,18H2,1H3. The molecule has 0 saturated heterocycles. The topological polar surface area (TPSA) is 38.5 Å². The summed E-state index contributed by atoms with van der Waals surface area (Å²) in [5.41, 5.74) is 7.06. The van der Waals surface area contributed by atoms with E-state index in [9.17, 15) is 0 Å². The van der Waals surface area contributed by atoms with Crippen molar-refractivity contribution in [3.8, 4) is 5.75 Å². The molecule has 2 rings (SSSR count). The Morgan fingerprint density at radius 3 is 2.45 bits per heavy atom. The molecule has 1 aliphatic rings. The number of nitrogens with two attached hydrogens (primary N) is 1. The highest BCUT2D eigenvalue weighted by molar-refractivity contribution is 5.27. The lowest BCUT2D eigenvalue weighted by Gasteiger charge is -2.28. The van der Waals surface area contributed by atoms with Crippen LogP contribution in [0.1, 0.15) is 37.7 Å².